The van der Waals surface area contributed by atoms with Crippen LogP contribution in [0.2, 0.25) is 0 Å². The summed E-state index contributed by atoms with van der Waals surface area (Å²) in [6.07, 6.45) is 5.55. The highest BCUT2D eigenvalue weighted by molar-refractivity contribution is 5.86. The third-order valence-electron chi connectivity index (χ3n) is 10.8. The first-order valence-electron chi connectivity index (χ1n) is 15.6. The molecule has 4 aliphatic rings. The normalized spacial score (nSPS) is 26.6. The lowest BCUT2D eigenvalue weighted by Crippen LogP contribution is -2.61. The van der Waals surface area contributed by atoms with E-state index in [0.29, 0.717) is 58.6 Å². The highest BCUT2D eigenvalue weighted by Gasteiger charge is 2.56. The highest BCUT2D eigenvalue weighted by Crippen LogP contribution is 2.61. The van der Waals surface area contributed by atoms with Gasteiger partial charge in [-0.2, -0.15) is 0 Å². The Morgan fingerprint density at radius 3 is 2.70 bits per heavy atom. The van der Waals surface area contributed by atoms with Gasteiger partial charge in [0.2, 0.25) is 0 Å². The Hall–Kier alpha value is -3.46. The van der Waals surface area contributed by atoms with Crippen molar-refractivity contribution in [3.05, 3.63) is 64.5 Å². The predicted octanol–water partition coefficient (Wildman–Crippen LogP) is 5.07. The molecule has 0 radical (unpaired) electrons. The van der Waals surface area contributed by atoms with E-state index in [-0.39, 0.29) is 11.4 Å². The van der Waals surface area contributed by atoms with Crippen molar-refractivity contribution >= 4 is 22.5 Å². The number of guanidine groups is 1. The molecule has 1 N–H and O–H groups in total. The van der Waals surface area contributed by atoms with E-state index in [1.165, 1.54) is 26.0 Å². The number of hydrogen-bond acceptors (Lipinski definition) is 5. The first kappa shape index (κ1) is 29.6. The predicted molar refractivity (Wildman–Crippen MR) is 170 cm³/mol. The smallest absolute Gasteiger partial charge is 0.261 e. The van der Waals surface area contributed by atoms with Gasteiger partial charge < -0.3 is 19.9 Å². The third kappa shape index (κ3) is 5.64. The number of rotatable bonds is 7. The van der Waals surface area contributed by atoms with Crippen molar-refractivity contribution in [3.8, 4) is 5.75 Å². The number of nitrogens with one attached hydrogen (secondary N) is 1. The first-order chi connectivity index (χ1) is 20.5. The highest BCUT2D eigenvalue weighted by atomic mass is 19.1. The molecule has 0 spiro atoms. The van der Waals surface area contributed by atoms with Gasteiger partial charge in [0.25, 0.3) is 5.56 Å². The van der Waals surface area contributed by atoms with Crippen LogP contribution in [0, 0.1) is 29.0 Å². The van der Waals surface area contributed by atoms with Gasteiger partial charge in [0, 0.05) is 37.8 Å². The van der Waals surface area contributed by atoms with Crippen LogP contribution in [0.25, 0.3) is 10.9 Å². The molecule has 1 aliphatic heterocycles. The molecular formula is C34H45FN6O2. The quantitative estimate of drug-likeness (QED) is 0.307. The molecule has 2 aromatic carbocycles. The first-order valence-corrected chi connectivity index (χ1v) is 15.6. The van der Waals surface area contributed by atoms with Crippen LogP contribution in [-0.2, 0) is 13.0 Å². The summed E-state index contributed by atoms with van der Waals surface area (Å²) in [5, 5.41) is 4.43. The molecule has 0 amide bonds. The Morgan fingerprint density at radius 2 is 2.02 bits per heavy atom. The molecule has 8 nitrogen and oxygen atoms in total. The number of aromatic nitrogens is 2. The lowest BCUT2D eigenvalue weighted by molar-refractivity contribution is -0.112. The summed E-state index contributed by atoms with van der Waals surface area (Å²) in [4.78, 5) is 27.8. The zero-order chi connectivity index (χ0) is 30.5. The lowest BCUT2D eigenvalue weighted by atomic mass is 9.45. The molecule has 7 rings (SSSR count). The Bertz CT molecular complexity index is 1580. The van der Waals surface area contributed by atoms with Gasteiger partial charge in [0.1, 0.15) is 11.6 Å². The van der Waals surface area contributed by atoms with Crippen LogP contribution in [-0.4, -0.2) is 71.7 Å². The molecule has 3 aromatic rings. The van der Waals surface area contributed by atoms with Gasteiger partial charge in [0.05, 0.1) is 30.0 Å². The van der Waals surface area contributed by atoms with Crippen LogP contribution >= 0.6 is 0 Å². The van der Waals surface area contributed by atoms with Crippen molar-refractivity contribution in [1.29, 1.82) is 0 Å². The average Bonchev–Trinajstić information content (AvgIpc) is 3.48. The van der Waals surface area contributed by atoms with Crippen molar-refractivity contribution in [2.45, 2.75) is 65.1 Å². The molecular weight excluding hydrogens is 543 g/mol. The van der Waals surface area contributed by atoms with Gasteiger partial charge in [-0.3, -0.25) is 9.36 Å². The fourth-order valence-corrected chi connectivity index (χ4v) is 7.65. The maximum absolute atomic E-state index is 14.4. The number of fused-ring (bicyclic) bond motifs is 3. The van der Waals surface area contributed by atoms with E-state index in [2.05, 4.69) is 55.0 Å². The summed E-state index contributed by atoms with van der Waals surface area (Å²) in [5.74, 6) is 3.14. The van der Waals surface area contributed by atoms with Crippen molar-refractivity contribution in [2.75, 3.05) is 34.3 Å². The number of aryl methyl sites for hydroxylation is 2. The van der Waals surface area contributed by atoms with Crippen molar-refractivity contribution < 1.29 is 9.13 Å². The van der Waals surface area contributed by atoms with Crippen molar-refractivity contribution in [2.24, 2.45) is 28.2 Å². The Kier molecular flexibility index (Phi) is 7.96. The number of aliphatic imine (C=N–C) groups is 1. The Morgan fingerprint density at radius 1 is 1.21 bits per heavy atom. The number of benzene rings is 2. The largest absolute Gasteiger partial charge is 0.497 e. The summed E-state index contributed by atoms with van der Waals surface area (Å²) in [7, 11) is 5.80. The molecule has 9 heteroatoms. The van der Waals surface area contributed by atoms with E-state index < -0.39 is 0 Å². The molecule has 1 aromatic heterocycles. The molecule has 2 heterocycles. The average molecular weight is 589 g/mol. The van der Waals surface area contributed by atoms with Crippen LogP contribution in [0.5, 0.6) is 5.75 Å². The Labute approximate surface area is 254 Å². The van der Waals surface area contributed by atoms with E-state index in [0.717, 1.165) is 43.0 Å². The number of likely N-dealkylation sites (N-methyl/N-ethyl adjacent to an activating group) is 1. The summed E-state index contributed by atoms with van der Waals surface area (Å²) < 4.78 is 21.1. The Balaban J connectivity index is 1.24. The fraction of sp³-hybridized carbons (Fsp3) is 0.559. The van der Waals surface area contributed by atoms with Gasteiger partial charge in [0.15, 0.2) is 5.96 Å². The monoisotopic (exact) mass is 588 g/mol. The van der Waals surface area contributed by atoms with Crippen LogP contribution < -0.4 is 15.6 Å². The second-order valence-corrected chi connectivity index (χ2v) is 13.6. The van der Waals surface area contributed by atoms with Gasteiger partial charge >= 0.3 is 0 Å². The molecule has 1 saturated heterocycles. The van der Waals surface area contributed by atoms with E-state index in [4.69, 9.17) is 9.73 Å². The number of halogens is 1. The molecule has 0 unspecified atom stereocenters. The number of methoxy groups -OCH3 is 1. The zero-order valence-electron chi connectivity index (χ0n) is 26.3. The minimum absolute atomic E-state index is 0.140. The molecule has 3 aliphatic carbocycles. The molecule has 5 atom stereocenters. The van der Waals surface area contributed by atoms with Crippen LogP contribution in [0.3, 0.4) is 0 Å². The number of likely N-dealkylation sites (tertiary alicyclic amines) is 1. The summed E-state index contributed by atoms with van der Waals surface area (Å²) in [5.41, 5.74) is 2.21. The molecule has 4 fully saturated rings. The van der Waals surface area contributed by atoms with E-state index in [1.807, 2.05) is 18.2 Å². The van der Waals surface area contributed by atoms with Crippen molar-refractivity contribution in [1.82, 2.24) is 24.7 Å². The van der Waals surface area contributed by atoms with Crippen molar-refractivity contribution in [3.63, 3.8) is 0 Å². The maximum atomic E-state index is 14.4. The minimum Gasteiger partial charge on any atom is -0.497 e. The van der Waals surface area contributed by atoms with Crippen LogP contribution in [0.15, 0.2) is 52.5 Å². The second-order valence-electron chi connectivity index (χ2n) is 13.6. The number of hydrogen-bond donors (Lipinski definition) is 1. The lowest BCUT2D eigenvalue weighted by Gasteiger charge is -2.62. The van der Waals surface area contributed by atoms with Crippen LogP contribution in [0.1, 0.15) is 45.6 Å². The molecule has 3 saturated carbocycles. The third-order valence-corrected chi connectivity index (χ3v) is 10.8. The molecule has 230 valence electrons. The molecule has 2 bridgehead atoms. The number of ether oxygens (including phenoxy) is 1. The second kappa shape index (κ2) is 11.6. The van der Waals surface area contributed by atoms with E-state index in [1.54, 1.807) is 23.0 Å². The summed E-state index contributed by atoms with van der Waals surface area (Å²) in [6.45, 7) is 9.49. The summed E-state index contributed by atoms with van der Waals surface area (Å²) >= 11 is 0. The fourth-order valence-electron chi connectivity index (χ4n) is 7.65. The van der Waals surface area contributed by atoms with Gasteiger partial charge in [-0.05, 0) is 92.8 Å². The number of nitrogens with zero attached hydrogens (tertiary/aromatic N) is 5. The van der Waals surface area contributed by atoms with Crippen LogP contribution in [0.4, 0.5) is 10.1 Å². The van der Waals surface area contributed by atoms with E-state index >= 15 is 0 Å². The zero-order valence-corrected chi connectivity index (χ0v) is 26.3. The minimum atomic E-state index is -0.341. The van der Waals surface area contributed by atoms with Gasteiger partial charge in [-0.1, -0.05) is 26.8 Å². The van der Waals surface area contributed by atoms with E-state index in [9.17, 15) is 9.18 Å². The van der Waals surface area contributed by atoms with Gasteiger partial charge in [-0.15, -0.1) is 0 Å². The standard InChI is InChI=1S/C34H45FN6O2/c1-21-28-15-23(34(28,2)3)16-30(21)38-33(40-14-12-25(19-40)39(4)5)37-24-8-10-27-31(17-24)36-20-41(32(27)42)13-11-22-7-9-26(43-6)18-29(22)35/h7-10,17-18,20-21,23,25,28,30H,11-16,19H2,1-6H3,(H,37,38)/t21-,23+,25+,28+,30+/m1/s1. The topological polar surface area (TPSA) is 75.0 Å². The maximum Gasteiger partial charge on any atom is 0.261 e. The molecule has 43 heavy (non-hydrogen) atoms. The van der Waals surface area contributed by atoms with Gasteiger partial charge in [-0.25, -0.2) is 14.4 Å². The summed E-state index contributed by atoms with van der Waals surface area (Å²) in [6, 6.07) is 11.3. The SMILES string of the molecule is COc1ccc(CCn2cnc3cc(N=C(N[C@H]4C[C@@H]5C[C@@H]([C@H]4C)C5(C)C)N4CC[C@H](N(C)C)C4)ccc3c2=O)c(F)c1.